The molecule has 0 spiro atoms. The topological polar surface area (TPSA) is 21.3 Å². The van der Waals surface area contributed by atoms with Gasteiger partial charge in [-0.2, -0.15) is 0 Å². The van der Waals surface area contributed by atoms with Crippen molar-refractivity contribution in [3.05, 3.63) is 62.8 Å². The Kier molecular flexibility index (Phi) is 5.40. The molecule has 0 aliphatic carbocycles. The SMILES string of the molecule is CNCc1cc(Cl)ccc1OCc1cc(Br)ccc1F. The summed E-state index contributed by atoms with van der Waals surface area (Å²) in [4.78, 5) is 0. The normalized spacial score (nSPS) is 10.6. The minimum atomic E-state index is -0.280. The molecule has 0 bridgehead atoms. The van der Waals surface area contributed by atoms with Crippen molar-refractivity contribution < 1.29 is 9.13 Å². The highest BCUT2D eigenvalue weighted by atomic mass is 79.9. The van der Waals surface area contributed by atoms with Gasteiger partial charge in [0, 0.05) is 27.2 Å². The second-order valence-electron chi connectivity index (χ2n) is 4.31. The van der Waals surface area contributed by atoms with Crippen LogP contribution in [0.3, 0.4) is 0 Å². The molecule has 0 aliphatic rings. The molecule has 5 heteroatoms. The molecule has 0 atom stereocenters. The van der Waals surface area contributed by atoms with Crippen molar-refractivity contribution in [2.24, 2.45) is 0 Å². The van der Waals surface area contributed by atoms with E-state index in [9.17, 15) is 4.39 Å². The van der Waals surface area contributed by atoms with E-state index in [1.54, 1.807) is 24.3 Å². The second kappa shape index (κ2) is 7.07. The maximum Gasteiger partial charge on any atom is 0.129 e. The second-order valence-corrected chi connectivity index (χ2v) is 5.66. The highest BCUT2D eigenvalue weighted by molar-refractivity contribution is 9.10. The highest BCUT2D eigenvalue weighted by Crippen LogP contribution is 2.24. The van der Waals surface area contributed by atoms with E-state index in [-0.39, 0.29) is 12.4 Å². The zero-order chi connectivity index (χ0) is 14.5. The van der Waals surface area contributed by atoms with Crippen molar-refractivity contribution in [1.29, 1.82) is 0 Å². The third kappa shape index (κ3) is 3.95. The molecule has 2 rings (SSSR count). The molecule has 20 heavy (non-hydrogen) atoms. The number of nitrogens with one attached hydrogen (secondary N) is 1. The van der Waals surface area contributed by atoms with Gasteiger partial charge in [-0.3, -0.25) is 0 Å². The van der Waals surface area contributed by atoms with Crippen LogP contribution < -0.4 is 10.1 Å². The zero-order valence-electron chi connectivity index (χ0n) is 10.9. The summed E-state index contributed by atoms with van der Waals surface area (Å²) in [6.45, 7) is 0.806. The molecule has 106 valence electrons. The molecule has 0 fully saturated rings. The standard InChI is InChI=1S/C15H14BrClFNO/c1-19-8-10-7-13(17)3-5-15(10)20-9-11-6-12(16)2-4-14(11)18/h2-7,19H,8-9H2,1H3. The van der Waals surface area contributed by atoms with Gasteiger partial charge in [0.25, 0.3) is 0 Å². The first-order valence-corrected chi connectivity index (χ1v) is 7.27. The van der Waals surface area contributed by atoms with Gasteiger partial charge in [-0.15, -0.1) is 0 Å². The van der Waals surface area contributed by atoms with E-state index < -0.39 is 0 Å². The van der Waals surface area contributed by atoms with Crippen LogP contribution in [-0.4, -0.2) is 7.05 Å². The predicted molar refractivity (Wildman–Crippen MR) is 82.6 cm³/mol. The molecule has 0 aromatic heterocycles. The summed E-state index contributed by atoms with van der Waals surface area (Å²) in [7, 11) is 1.85. The monoisotopic (exact) mass is 357 g/mol. The van der Waals surface area contributed by atoms with E-state index in [1.807, 2.05) is 13.1 Å². The van der Waals surface area contributed by atoms with Crippen molar-refractivity contribution in [2.75, 3.05) is 7.05 Å². The van der Waals surface area contributed by atoms with E-state index in [1.165, 1.54) is 6.07 Å². The largest absolute Gasteiger partial charge is 0.488 e. The van der Waals surface area contributed by atoms with Crippen LogP contribution in [0.1, 0.15) is 11.1 Å². The van der Waals surface area contributed by atoms with Crippen molar-refractivity contribution in [3.8, 4) is 5.75 Å². The first kappa shape index (κ1) is 15.3. The lowest BCUT2D eigenvalue weighted by atomic mass is 10.2. The van der Waals surface area contributed by atoms with Gasteiger partial charge in [0.15, 0.2) is 0 Å². The molecule has 2 aromatic rings. The molecule has 2 aromatic carbocycles. The summed E-state index contributed by atoms with van der Waals surface area (Å²) in [5.74, 6) is 0.417. The van der Waals surface area contributed by atoms with Crippen LogP contribution >= 0.6 is 27.5 Å². The molecule has 0 aliphatic heterocycles. The fourth-order valence-corrected chi connectivity index (χ4v) is 2.43. The summed E-state index contributed by atoms with van der Waals surface area (Å²) < 4.78 is 20.2. The third-order valence-corrected chi connectivity index (χ3v) is 3.51. The van der Waals surface area contributed by atoms with Gasteiger partial charge in [0.2, 0.25) is 0 Å². The van der Waals surface area contributed by atoms with Crippen LogP contribution in [0.5, 0.6) is 5.75 Å². The quantitative estimate of drug-likeness (QED) is 0.847. The average Bonchev–Trinajstić information content (AvgIpc) is 2.42. The Hall–Kier alpha value is -1.10. The van der Waals surface area contributed by atoms with Crippen molar-refractivity contribution in [3.63, 3.8) is 0 Å². The first-order chi connectivity index (χ1) is 9.60. The summed E-state index contributed by atoms with van der Waals surface area (Å²) in [6.07, 6.45) is 0. The number of rotatable bonds is 5. The van der Waals surface area contributed by atoms with Crippen LogP contribution in [-0.2, 0) is 13.2 Å². The summed E-state index contributed by atoms with van der Waals surface area (Å²) in [5.41, 5.74) is 1.44. The van der Waals surface area contributed by atoms with Gasteiger partial charge < -0.3 is 10.1 Å². The lowest BCUT2D eigenvalue weighted by molar-refractivity contribution is 0.296. The van der Waals surface area contributed by atoms with Gasteiger partial charge >= 0.3 is 0 Å². The Morgan fingerprint density at radius 2 is 2.00 bits per heavy atom. The predicted octanol–water partition coefficient (Wildman–Crippen LogP) is 4.54. The van der Waals surface area contributed by atoms with E-state index in [0.717, 1.165) is 10.0 Å². The van der Waals surface area contributed by atoms with Crippen LogP contribution in [0, 0.1) is 5.82 Å². The summed E-state index contributed by atoms with van der Waals surface area (Å²) in [6, 6.07) is 10.2. The third-order valence-electron chi connectivity index (χ3n) is 2.78. The summed E-state index contributed by atoms with van der Waals surface area (Å²) >= 11 is 9.29. The summed E-state index contributed by atoms with van der Waals surface area (Å²) in [5, 5.41) is 3.70. The molecule has 0 unspecified atom stereocenters. The lowest BCUT2D eigenvalue weighted by Crippen LogP contribution is -2.08. The molecule has 0 radical (unpaired) electrons. The molecular weight excluding hydrogens is 345 g/mol. The Labute approximate surface area is 131 Å². The van der Waals surface area contributed by atoms with Gasteiger partial charge in [0.1, 0.15) is 18.2 Å². The van der Waals surface area contributed by atoms with Gasteiger partial charge in [-0.25, -0.2) is 4.39 Å². The van der Waals surface area contributed by atoms with Crippen molar-refractivity contribution in [2.45, 2.75) is 13.2 Å². The number of halogens is 3. The zero-order valence-corrected chi connectivity index (χ0v) is 13.3. The molecule has 0 saturated heterocycles. The fraction of sp³-hybridized carbons (Fsp3) is 0.200. The number of ether oxygens (including phenoxy) is 1. The fourth-order valence-electron chi connectivity index (χ4n) is 1.83. The smallest absolute Gasteiger partial charge is 0.129 e. The highest BCUT2D eigenvalue weighted by Gasteiger charge is 2.07. The molecule has 0 saturated carbocycles. The van der Waals surface area contributed by atoms with Gasteiger partial charge in [-0.1, -0.05) is 27.5 Å². The first-order valence-electron chi connectivity index (χ1n) is 6.10. The number of hydrogen-bond donors (Lipinski definition) is 1. The average molecular weight is 359 g/mol. The van der Waals surface area contributed by atoms with Crippen LogP contribution in [0.15, 0.2) is 40.9 Å². The van der Waals surface area contributed by atoms with Crippen molar-refractivity contribution in [1.82, 2.24) is 5.32 Å². The Bertz CT molecular complexity index is 606. The Balaban J connectivity index is 2.16. The van der Waals surface area contributed by atoms with Crippen LogP contribution in [0.25, 0.3) is 0 Å². The van der Waals surface area contributed by atoms with E-state index in [0.29, 0.717) is 22.9 Å². The molecule has 0 amide bonds. The maximum atomic E-state index is 13.7. The van der Waals surface area contributed by atoms with Gasteiger partial charge in [0.05, 0.1) is 0 Å². The molecule has 2 nitrogen and oxygen atoms in total. The molecule has 1 N–H and O–H groups in total. The van der Waals surface area contributed by atoms with Crippen molar-refractivity contribution >= 4 is 27.5 Å². The van der Waals surface area contributed by atoms with E-state index >= 15 is 0 Å². The Morgan fingerprint density at radius 1 is 1.20 bits per heavy atom. The van der Waals surface area contributed by atoms with Crippen LogP contribution in [0.4, 0.5) is 4.39 Å². The molecule has 0 heterocycles. The lowest BCUT2D eigenvalue weighted by Gasteiger charge is -2.12. The number of benzene rings is 2. The molecular formula is C15H14BrClFNO. The number of hydrogen-bond acceptors (Lipinski definition) is 2. The minimum Gasteiger partial charge on any atom is -0.488 e. The van der Waals surface area contributed by atoms with E-state index in [4.69, 9.17) is 16.3 Å². The maximum absolute atomic E-state index is 13.7. The minimum absolute atomic E-state index is 0.170. The van der Waals surface area contributed by atoms with E-state index in [2.05, 4.69) is 21.2 Å². The van der Waals surface area contributed by atoms with Crippen LogP contribution in [0.2, 0.25) is 5.02 Å². The Morgan fingerprint density at radius 3 is 2.75 bits per heavy atom. The van der Waals surface area contributed by atoms with Gasteiger partial charge in [-0.05, 0) is 43.4 Å².